The maximum atomic E-state index is 5.23. The molecule has 0 aromatic rings. The summed E-state index contributed by atoms with van der Waals surface area (Å²) in [6.07, 6.45) is 5.23. The summed E-state index contributed by atoms with van der Waals surface area (Å²) in [6, 6.07) is 0. The van der Waals surface area contributed by atoms with Gasteiger partial charge in [0.1, 0.15) is 0 Å². The third kappa shape index (κ3) is 3.16. The molecule has 0 aromatic carbocycles. The van der Waals surface area contributed by atoms with Crippen molar-refractivity contribution >= 4 is 0 Å². The van der Waals surface area contributed by atoms with Crippen molar-refractivity contribution < 1.29 is 4.74 Å². The van der Waals surface area contributed by atoms with Crippen LogP contribution in [0.25, 0.3) is 0 Å². The van der Waals surface area contributed by atoms with Crippen molar-refractivity contribution in [2.75, 3.05) is 13.7 Å². The van der Waals surface area contributed by atoms with Gasteiger partial charge in [-0.1, -0.05) is 13.8 Å². The molecular formula is C8H14O. The molecule has 1 atom stereocenters. The molecule has 0 rings (SSSR count). The summed E-state index contributed by atoms with van der Waals surface area (Å²) in [5.74, 6) is 3.47. The Kier molecular flexibility index (Phi) is 4.17. The molecule has 1 nitrogen and oxygen atoms in total. The van der Waals surface area contributed by atoms with Gasteiger partial charge in [-0.05, 0) is 5.92 Å². The van der Waals surface area contributed by atoms with Crippen molar-refractivity contribution in [3.63, 3.8) is 0 Å². The average Bonchev–Trinajstić information content (AvgIpc) is 1.82. The molecular weight excluding hydrogens is 112 g/mol. The minimum Gasteiger partial charge on any atom is -0.383 e. The van der Waals surface area contributed by atoms with E-state index in [0.29, 0.717) is 12.5 Å². The van der Waals surface area contributed by atoms with E-state index in [4.69, 9.17) is 11.2 Å². The van der Waals surface area contributed by atoms with Crippen molar-refractivity contribution in [2.24, 2.45) is 11.8 Å². The molecule has 9 heavy (non-hydrogen) atoms. The highest BCUT2D eigenvalue weighted by atomic mass is 16.5. The zero-order valence-electron chi connectivity index (χ0n) is 6.35. The summed E-state index contributed by atoms with van der Waals surface area (Å²) >= 11 is 0. The maximum Gasteiger partial charge on any atom is 0.0602 e. The summed E-state index contributed by atoms with van der Waals surface area (Å²) in [6.45, 7) is 4.88. The predicted molar refractivity (Wildman–Crippen MR) is 39.0 cm³/mol. The first-order chi connectivity index (χ1) is 4.22. The van der Waals surface area contributed by atoms with Crippen LogP contribution >= 0.6 is 0 Å². The van der Waals surface area contributed by atoms with E-state index in [9.17, 15) is 0 Å². The highest BCUT2D eigenvalue weighted by molar-refractivity contribution is 4.94. The molecule has 0 aromatic heterocycles. The fourth-order valence-corrected chi connectivity index (χ4v) is 0.613. The van der Waals surface area contributed by atoms with Gasteiger partial charge in [0.15, 0.2) is 0 Å². The molecule has 0 heterocycles. The topological polar surface area (TPSA) is 9.23 Å². The van der Waals surface area contributed by atoms with Gasteiger partial charge in [0.2, 0.25) is 0 Å². The molecule has 0 saturated heterocycles. The van der Waals surface area contributed by atoms with Crippen LogP contribution < -0.4 is 0 Å². The van der Waals surface area contributed by atoms with Gasteiger partial charge in [-0.2, -0.15) is 0 Å². The highest BCUT2D eigenvalue weighted by Crippen LogP contribution is 2.08. The molecule has 0 spiro atoms. The minimum atomic E-state index is 0.273. The van der Waals surface area contributed by atoms with Crippen LogP contribution in [0.2, 0.25) is 0 Å². The molecule has 0 aliphatic rings. The van der Waals surface area contributed by atoms with E-state index < -0.39 is 0 Å². The maximum absolute atomic E-state index is 5.23. The number of ether oxygens (including phenoxy) is 1. The molecule has 0 fully saturated rings. The van der Waals surface area contributed by atoms with Crippen LogP contribution in [-0.4, -0.2) is 13.7 Å². The normalized spacial score (nSPS) is 13.2. The number of methoxy groups -OCH3 is 1. The van der Waals surface area contributed by atoms with E-state index in [1.807, 2.05) is 0 Å². The lowest BCUT2D eigenvalue weighted by Gasteiger charge is -2.11. The van der Waals surface area contributed by atoms with Crippen LogP contribution in [-0.2, 0) is 4.74 Å². The SMILES string of the molecule is C#CC(COC)C(C)C. The second kappa shape index (κ2) is 4.40. The average molecular weight is 126 g/mol. The first-order valence-electron chi connectivity index (χ1n) is 3.17. The Morgan fingerprint density at radius 2 is 2.11 bits per heavy atom. The molecule has 0 amide bonds. The lowest BCUT2D eigenvalue weighted by molar-refractivity contribution is 0.155. The predicted octanol–water partition coefficient (Wildman–Crippen LogP) is 1.54. The Morgan fingerprint density at radius 1 is 1.56 bits per heavy atom. The zero-order chi connectivity index (χ0) is 7.28. The number of hydrogen-bond donors (Lipinski definition) is 0. The van der Waals surface area contributed by atoms with Gasteiger partial charge in [-0.15, -0.1) is 12.3 Å². The molecule has 0 N–H and O–H groups in total. The third-order valence-corrected chi connectivity index (χ3v) is 1.37. The number of hydrogen-bond acceptors (Lipinski definition) is 1. The summed E-state index contributed by atoms with van der Waals surface area (Å²) in [5.41, 5.74) is 0. The van der Waals surface area contributed by atoms with Gasteiger partial charge in [0, 0.05) is 13.0 Å². The van der Waals surface area contributed by atoms with E-state index in [0.717, 1.165) is 0 Å². The van der Waals surface area contributed by atoms with Gasteiger partial charge in [-0.3, -0.25) is 0 Å². The highest BCUT2D eigenvalue weighted by Gasteiger charge is 2.07. The minimum absolute atomic E-state index is 0.273. The first-order valence-corrected chi connectivity index (χ1v) is 3.17. The monoisotopic (exact) mass is 126 g/mol. The standard InChI is InChI=1S/C8H14O/c1-5-8(6-9-4)7(2)3/h1,7-8H,6H2,2-4H3. The van der Waals surface area contributed by atoms with E-state index in [2.05, 4.69) is 19.8 Å². The molecule has 0 radical (unpaired) electrons. The van der Waals surface area contributed by atoms with Crippen LogP contribution in [0.4, 0.5) is 0 Å². The van der Waals surface area contributed by atoms with Crippen molar-refractivity contribution in [3.8, 4) is 12.3 Å². The lowest BCUT2D eigenvalue weighted by atomic mass is 9.98. The third-order valence-electron chi connectivity index (χ3n) is 1.37. The molecule has 52 valence electrons. The molecule has 0 saturated carbocycles. The van der Waals surface area contributed by atoms with Crippen LogP contribution in [0.15, 0.2) is 0 Å². The van der Waals surface area contributed by atoms with Gasteiger partial charge in [0.25, 0.3) is 0 Å². The molecule has 1 heteroatoms. The molecule has 0 bridgehead atoms. The second-order valence-corrected chi connectivity index (χ2v) is 2.47. The number of rotatable bonds is 3. The lowest BCUT2D eigenvalue weighted by Crippen LogP contribution is -2.12. The quantitative estimate of drug-likeness (QED) is 0.521. The van der Waals surface area contributed by atoms with Crippen molar-refractivity contribution in [3.05, 3.63) is 0 Å². The van der Waals surface area contributed by atoms with E-state index in [1.165, 1.54) is 0 Å². The van der Waals surface area contributed by atoms with Crippen LogP contribution in [0.3, 0.4) is 0 Å². The van der Waals surface area contributed by atoms with E-state index in [-0.39, 0.29) is 5.92 Å². The summed E-state index contributed by atoms with van der Waals surface area (Å²) in [4.78, 5) is 0. The van der Waals surface area contributed by atoms with Crippen molar-refractivity contribution in [1.82, 2.24) is 0 Å². The van der Waals surface area contributed by atoms with Crippen LogP contribution in [0.5, 0.6) is 0 Å². The summed E-state index contributed by atoms with van der Waals surface area (Å²) in [7, 11) is 1.67. The van der Waals surface area contributed by atoms with Gasteiger partial charge in [0.05, 0.1) is 6.61 Å². The van der Waals surface area contributed by atoms with Gasteiger partial charge >= 0.3 is 0 Å². The fourth-order valence-electron chi connectivity index (χ4n) is 0.613. The van der Waals surface area contributed by atoms with Crippen molar-refractivity contribution in [1.29, 1.82) is 0 Å². The summed E-state index contributed by atoms with van der Waals surface area (Å²) < 4.78 is 4.91. The second-order valence-electron chi connectivity index (χ2n) is 2.47. The first kappa shape index (κ1) is 8.52. The summed E-state index contributed by atoms with van der Waals surface area (Å²) in [5, 5.41) is 0. The molecule has 1 unspecified atom stereocenters. The molecule has 0 aliphatic heterocycles. The Bertz CT molecular complexity index is 99.6. The van der Waals surface area contributed by atoms with Crippen LogP contribution in [0, 0.1) is 24.2 Å². The van der Waals surface area contributed by atoms with Crippen molar-refractivity contribution in [2.45, 2.75) is 13.8 Å². The fraction of sp³-hybridized carbons (Fsp3) is 0.750. The smallest absolute Gasteiger partial charge is 0.0602 e. The Labute approximate surface area is 57.4 Å². The van der Waals surface area contributed by atoms with Gasteiger partial charge in [-0.25, -0.2) is 0 Å². The van der Waals surface area contributed by atoms with E-state index in [1.54, 1.807) is 7.11 Å². The van der Waals surface area contributed by atoms with E-state index >= 15 is 0 Å². The number of terminal acetylenes is 1. The Balaban J connectivity index is 3.58. The largest absolute Gasteiger partial charge is 0.383 e. The molecule has 0 aliphatic carbocycles. The van der Waals surface area contributed by atoms with Crippen LogP contribution in [0.1, 0.15) is 13.8 Å². The Morgan fingerprint density at radius 3 is 2.22 bits per heavy atom. The van der Waals surface area contributed by atoms with Gasteiger partial charge < -0.3 is 4.74 Å². The Hall–Kier alpha value is -0.480. The zero-order valence-corrected chi connectivity index (χ0v) is 6.35.